The van der Waals surface area contributed by atoms with Gasteiger partial charge in [0.05, 0.1) is 12.5 Å². The van der Waals surface area contributed by atoms with Crippen molar-refractivity contribution in [3.8, 4) is 0 Å². The monoisotopic (exact) mass is 321 g/mol. The fourth-order valence-electron chi connectivity index (χ4n) is 1.18. The summed E-state index contributed by atoms with van der Waals surface area (Å²) in [5.41, 5.74) is -1.26. The molecule has 0 aliphatic rings. The van der Waals surface area contributed by atoms with Gasteiger partial charge in [0.25, 0.3) is 0 Å². The van der Waals surface area contributed by atoms with Crippen LogP contribution in [0.5, 0.6) is 0 Å². The van der Waals surface area contributed by atoms with Crippen LogP contribution in [-0.2, 0) is 19.6 Å². The van der Waals surface area contributed by atoms with Crippen LogP contribution in [0.1, 0.15) is 23.5 Å². The van der Waals surface area contributed by atoms with Crippen molar-refractivity contribution >= 4 is 33.3 Å². The first-order valence-corrected chi connectivity index (χ1v) is 7.87. The predicted octanol–water partition coefficient (Wildman–Crippen LogP) is 0.924. The summed E-state index contributed by atoms with van der Waals surface area (Å²) in [5, 5.41) is 10.4. The Hall–Kier alpha value is -1.45. The van der Waals surface area contributed by atoms with Crippen LogP contribution in [0.4, 0.5) is 0 Å². The Balaban J connectivity index is 2.99. The Labute approximate surface area is 120 Å². The van der Waals surface area contributed by atoms with Gasteiger partial charge in [-0.3, -0.25) is 4.79 Å². The molecule has 1 rings (SSSR count). The summed E-state index contributed by atoms with van der Waals surface area (Å²) in [6.45, 7) is 2.50. The topological polar surface area (TPSA) is 110 Å². The average molecular weight is 321 g/mol. The Bertz CT molecular complexity index is 617. The van der Waals surface area contributed by atoms with Crippen molar-refractivity contribution in [2.45, 2.75) is 18.7 Å². The maximum atomic E-state index is 12.1. The summed E-state index contributed by atoms with van der Waals surface area (Å²) in [6.07, 6.45) is 0. The van der Waals surface area contributed by atoms with Crippen LogP contribution in [-0.4, -0.2) is 39.1 Å². The summed E-state index contributed by atoms with van der Waals surface area (Å²) >= 11 is 0.939. The number of carboxylic acids is 1. The molecule has 112 valence electrons. The molecule has 0 radical (unpaired) electrons. The second-order valence-electron chi connectivity index (χ2n) is 4.62. The van der Waals surface area contributed by atoms with E-state index in [4.69, 9.17) is 5.11 Å². The highest BCUT2D eigenvalue weighted by Gasteiger charge is 2.31. The van der Waals surface area contributed by atoms with Crippen LogP contribution in [0.2, 0.25) is 0 Å². The predicted molar refractivity (Wildman–Crippen MR) is 72.3 cm³/mol. The molecule has 1 heterocycles. The lowest BCUT2D eigenvalue weighted by Gasteiger charge is -2.19. The molecule has 0 fully saturated rings. The number of thiophene rings is 1. The molecular weight excluding hydrogens is 306 g/mol. The maximum absolute atomic E-state index is 12.1. The van der Waals surface area contributed by atoms with E-state index in [9.17, 15) is 18.0 Å². The molecule has 0 saturated heterocycles. The Kier molecular flexibility index (Phi) is 4.90. The quantitative estimate of drug-likeness (QED) is 0.754. The first-order chi connectivity index (χ1) is 9.12. The molecule has 0 aromatic carbocycles. The normalized spacial score (nSPS) is 12.2. The van der Waals surface area contributed by atoms with E-state index in [0.29, 0.717) is 0 Å². The number of hydrogen-bond acceptors (Lipinski definition) is 6. The van der Waals surface area contributed by atoms with E-state index in [2.05, 4.69) is 9.46 Å². The van der Waals surface area contributed by atoms with E-state index in [1.165, 1.54) is 25.3 Å². The van der Waals surface area contributed by atoms with Crippen molar-refractivity contribution in [3.05, 3.63) is 16.3 Å². The highest BCUT2D eigenvalue weighted by atomic mass is 32.2. The van der Waals surface area contributed by atoms with Gasteiger partial charge in [0.15, 0.2) is 0 Å². The molecule has 0 unspecified atom stereocenters. The van der Waals surface area contributed by atoms with Crippen LogP contribution < -0.4 is 4.72 Å². The van der Waals surface area contributed by atoms with Crippen LogP contribution in [0.15, 0.2) is 16.3 Å². The molecular formula is C11H15NO6S2. The molecule has 9 heteroatoms. The molecule has 0 saturated carbocycles. The lowest BCUT2D eigenvalue weighted by atomic mass is 9.95. The summed E-state index contributed by atoms with van der Waals surface area (Å²) in [5.74, 6) is -1.88. The van der Waals surface area contributed by atoms with Gasteiger partial charge in [-0.25, -0.2) is 17.9 Å². The highest BCUT2D eigenvalue weighted by Crippen LogP contribution is 2.23. The van der Waals surface area contributed by atoms with Crippen molar-refractivity contribution in [3.63, 3.8) is 0 Å². The van der Waals surface area contributed by atoms with Gasteiger partial charge in [-0.2, -0.15) is 0 Å². The molecule has 20 heavy (non-hydrogen) atoms. The van der Waals surface area contributed by atoms with Gasteiger partial charge >= 0.3 is 11.9 Å². The van der Waals surface area contributed by atoms with Crippen molar-refractivity contribution in [2.75, 3.05) is 13.7 Å². The van der Waals surface area contributed by atoms with E-state index < -0.39 is 27.4 Å². The Morgan fingerprint density at radius 2 is 2.05 bits per heavy atom. The van der Waals surface area contributed by atoms with Gasteiger partial charge < -0.3 is 9.84 Å². The van der Waals surface area contributed by atoms with Crippen LogP contribution in [0.25, 0.3) is 0 Å². The summed E-state index contributed by atoms with van der Waals surface area (Å²) < 4.78 is 30.9. The third-order valence-electron chi connectivity index (χ3n) is 2.57. The van der Waals surface area contributed by atoms with Crippen molar-refractivity contribution in [2.24, 2.45) is 5.41 Å². The maximum Gasteiger partial charge on any atom is 0.349 e. The summed E-state index contributed by atoms with van der Waals surface area (Å²) in [7, 11) is -2.82. The SMILES string of the molecule is COC(=O)c1sccc1S(=O)(=O)NCC(C)(C)C(=O)O. The van der Waals surface area contributed by atoms with Crippen molar-refractivity contribution in [1.82, 2.24) is 4.72 Å². The Morgan fingerprint density at radius 3 is 2.55 bits per heavy atom. The van der Waals surface area contributed by atoms with Crippen LogP contribution >= 0.6 is 11.3 Å². The molecule has 0 bridgehead atoms. The fourth-order valence-corrected chi connectivity index (χ4v) is 3.72. The smallest absolute Gasteiger partial charge is 0.349 e. The second-order valence-corrected chi connectivity index (χ2v) is 7.27. The number of carbonyl (C=O) groups is 2. The van der Waals surface area contributed by atoms with Crippen LogP contribution in [0.3, 0.4) is 0 Å². The lowest BCUT2D eigenvalue weighted by molar-refractivity contribution is -0.146. The number of aliphatic carboxylic acids is 1. The highest BCUT2D eigenvalue weighted by molar-refractivity contribution is 7.89. The van der Waals surface area contributed by atoms with Crippen molar-refractivity contribution in [1.29, 1.82) is 0 Å². The number of hydrogen-bond donors (Lipinski definition) is 2. The van der Waals surface area contributed by atoms with Gasteiger partial charge in [-0.1, -0.05) is 0 Å². The van der Waals surface area contributed by atoms with E-state index >= 15 is 0 Å². The number of carbonyl (C=O) groups excluding carboxylic acids is 1. The Morgan fingerprint density at radius 1 is 1.45 bits per heavy atom. The fraction of sp³-hybridized carbons (Fsp3) is 0.455. The molecule has 0 aliphatic carbocycles. The molecule has 0 aliphatic heterocycles. The number of sulfonamides is 1. The number of ether oxygens (including phenoxy) is 1. The first-order valence-electron chi connectivity index (χ1n) is 5.50. The molecule has 0 amide bonds. The number of nitrogens with one attached hydrogen (secondary N) is 1. The standard InChI is InChI=1S/C11H15NO6S2/c1-11(2,10(14)15)6-12-20(16,17)7-4-5-19-8(7)9(13)18-3/h4-5,12H,6H2,1-3H3,(H,14,15). The summed E-state index contributed by atoms with van der Waals surface area (Å²) in [4.78, 5) is 22.1. The van der Waals surface area contributed by atoms with Gasteiger partial charge in [0.1, 0.15) is 9.77 Å². The van der Waals surface area contributed by atoms with E-state index in [1.54, 1.807) is 0 Å². The van der Waals surface area contributed by atoms with Gasteiger partial charge in [0.2, 0.25) is 10.0 Å². The third-order valence-corrected chi connectivity index (χ3v) is 5.04. The zero-order chi connectivity index (χ0) is 15.6. The van der Waals surface area contributed by atoms with E-state index in [0.717, 1.165) is 18.4 Å². The van der Waals surface area contributed by atoms with Gasteiger partial charge in [0, 0.05) is 6.54 Å². The van der Waals surface area contributed by atoms with Crippen molar-refractivity contribution < 1.29 is 27.9 Å². The molecule has 1 aromatic heterocycles. The van der Waals surface area contributed by atoms with E-state index in [-0.39, 0.29) is 16.3 Å². The summed E-state index contributed by atoms with van der Waals surface area (Å²) in [6, 6.07) is 1.27. The zero-order valence-electron chi connectivity index (χ0n) is 11.2. The van der Waals surface area contributed by atoms with Gasteiger partial charge in [-0.15, -0.1) is 11.3 Å². The van der Waals surface area contributed by atoms with E-state index in [1.807, 2.05) is 0 Å². The second kappa shape index (κ2) is 5.90. The molecule has 2 N–H and O–H groups in total. The third kappa shape index (κ3) is 3.56. The average Bonchev–Trinajstić information content (AvgIpc) is 2.85. The number of methoxy groups -OCH3 is 1. The minimum absolute atomic E-state index is 0.0480. The number of esters is 1. The zero-order valence-corrected chi connectivity index (χ0v) is 12.8. The molecule has 1 aromatic rings. The van der Waals surface area contributed by atoms with Gasteiger partial charge in [-0.05, 0) is 25.3 Å². The number of rotatable bonds is 6. The lowest BCUT2D eigenvalue weighted by Crippen LogP contribution is -2.39. The minimum atomic E-state index is -3.97. The molecule has 0 atom stereocenters. The minimum Gasteiger partial charge on any atom is -0.481 e. The largest absolute Gasteiger partial charge is 0.481 e. The molecule has 0 spiro atoms. The van der Waals surface area contributed by atoms with Crippen LogP contribution in [0, 0.1) is 5.41 Å². The first kappa shape index (κ1) is 16.6. The number of carboxylic acid groups (broad SMARTS) is 1. The molecule has 7 nitrogen and oxygen atoms in total.